The van der Waals surface area contributed by atoms with Gasteiger partial charge in [-0.3, -0.25) is 5.41 Å². The Labute approximate surface area is 67.2 Å². The van der Waals surface area contributed by atoms with Crippen LogP contribution in [-0.4, -0.2) is 11.8 Å². The van der Waals surface area contributed by atoms with Crippen molar-refractivity contribution < 1.29 is 0 Å². The van der Waals surface area contributed by atoms with Crippen molar-refractivity contribution in [1.29, 1.82) is 5.41 Å². The van der Waals surface area contributed by atoms with E-state index < -0.39 is 0 Å². The zero-order valence-corrected chi connectivity index (χ0v) is 7.12. The van der Waals surface area contributed by atoms with E-state index in [9.17, 15) is 0 Å². The Morgan fingerprint density at radius 1 is 1.40 bits per heavy atom. The van der Waals surface area contributed by atoms with Gasteiger partial charge in [-0.2, -0.15) is 0 Å². The zero-order chi connectivity index (χ0) is 8.41. The molecule has 0 amide bonds. The minimum Gasteiger partial charge on any atom is -0.370 e. The summed E-state index contributed by atoms with van der Waals surface area (Å²) in [4.78, 5) is 0. The largest absolute Gasteiger partial charge is 0.370 e. The fraction of sp³-hybridized carbons (Fsp3) is 0.833. The quantitative estimate of drug-likeness (QED) is 0.255. The topological polar surface area (TPSA) is 75.9 Å². The summed E-state index contributed by atoms with van der Waals surface area (Å²) in [7, 11) is 0. The molecule has 0 saturated carbocycles. The smallest absolute Gasteiger partial charge is 0.183 e. The monoisotopic (exact) mass is 165 g/mol. The molecule has 0 unspecified atom stereocenters. The molecule has 0 aliphatic rings. The van der Waals surface area contributed by atoms with Gasteiger partial charge in [0.1, 0.15) is 0 Å². The van der Waals surface area contributed by atoms with Crippen molar-refractivity contribution in [2.24, 2.45) is 11.5 Å². The first kappa shape index (κ1) is 12.3. The van der Waals surface area contributed by atoms with E-state index in [2.05, 4.69) is 18.4 Å². The molecule has 0 spiro atoms. The maximum Gasteiger partial charge on any atom is 0.183 e. The van der Waals surface area contributed by atoms with E-state index in [0.717, 1.165) is 5.88 Å². The number of halogens is 1. The van der Waals surface area contributed by atoms with Crippen LogP contribution in [-0.2, 0) is 0 Å². The van der Waals surface area contributed by atoms with Gasteiger partial charge in [-0.25, -0.2) is 0 Å². The molecule has 0 bridgehead atoms. The number of hydrogen-bond donors (Lipinski definition) is 3. The van der Waals surface area contributed by atoms with Gasteiger partial charge < -0.3 is 11.5 Å². The van der Waals surface area contributed by atoms with Gasteiger partial charge in [0.25, 0.3) is 0 Å². The van der Waals surface area contributed by atoms with E-state index in [1.807, 2.05) is 0 Å². The van der Waals surface area contributed by atoms with Crippen LogP contribution in [0.15, 0.2) is 0 Å². The predicted molar refractivity (Wildman–Crippen MR) is 46.3 cm³/mol. The van der Waals surface area contributed by atoms with E-state index in [4.69, 9.17) is 17.0 Å². The third kappa shape index (κ3) is 49.6. The second kappa shape index (κ2) is 11.4. The highest BCUT2D eigenvalue weighted by Crippen LogP contribution is 1.93. The second-order valence-corrected chi connectivity index (χ2v) is 2.23. The molecule has 0 rings (SSSR count). The molecule has 0 heterocycles. The Hall–Kier alpha value is -0.440. The molecule has 5 N–H and O–H groups in total. The van der Waals surface area contributed by atoms with Crippen LogP contribution in [0.5, 0.6) is 0 Å². The third-order valence-corrected chi connectivity index (χ3v) is 1.00. The van der Waals surface area contributed by atoms with Crippen LogP contribution < -0.4 is 11.5 Å². The van der Waals surface area contributed by atoms with Gasteiger partial charge in [-0.15, -0.1) is 11.6 Å². The summed E-state index contributed by atoms with van der Waals surface area (Å²) in [6, 6.07) is 0. The number of rotatable bonds is 3. The molecule has 4 heteroatoms. The molecule has 0 radical (unpaired) electrons. The predicted octanol–water partition coefficient (Wildman–Crippen LogP) is 1.25. The number of guanidine groups is 1. The fourth-order valence-electron chi connectivity index (χ4n) is 0.344. The molecule has 10 heavy (non-hydrogen) atoms. The van der Waals surface area contributed by atoms with Crippen molar-refractivity contribution in [2.45, 2.75) is 26.2 Å². The van der Waals surface area contributed by atoms with Crippen molar-refractivity contribution in [3.63, 3.8) is 0 Å². The highest BCUT2D eigenvalue weighted by molar-refractivity contribution is 6.17. The molecule has 3 nitrogen and oxygen atoms in total. The van der Waals surface area contributed by atoms with Crippen LogP contribution in [0.3, 0.4) is 0 Å². The Morgan fingerprint density at radius 3 is 1.90 bits per heavy atom. The lowest BCUT2D eigenvalue weighted by atomic mass is 10.3. The van der Waals surface area contributed by atoms with Crippen molar-refractivity contribution in [2.75, 3.05) is 5.88 Å². The summed E-state index contributed by atoms with van der Waals surface area (Å²) in [6.45, 7) is 2.17. The van der Waals surface area contributed by atoms with Gasteiger partial charge in [-0.05, 0) is 6.42 Å². The van der Waals surface area contributed by atoms with E-state index in [-0.39, 0.29) is 5.96 Å². The zero-order valence-electron chi connectivity index (χ0n) is 6.36. The van der Waals surface area contributed by atoms with E-state index in [1.165, 1.54) is 19.3 Å². The van der Waals surface area contributed by atoms with Gasteiger partial charge in [0.2, 0.25) is 0 Å². The maximum absolute atomic E-state index is 6.06. The summed E-state index contributed by atoms with van der Waals surface area (Å²) in [5, 5.41) is 6.06. The summed E-state index contributed by atoms with van der Waals surface area (Å²) in [5.74, 6) is 0.494. The van der Waals surface area contributed by atoms with Gasteiger partial charge in [0.05, 0.1) is 0 Å². The van der Waals surface area contributed by atoms with Crippen LogP contribution in [0.4, 0.5) is 0 Å². The highest BCUT2D eigenvalue weighted by Gasteiger charge is 1.76. The molecular formula is C6H16ClN3. The van der Waals surface area contributed by atoms with Gasteiger partial charge >= 0.3 is 0 Å². The molecule has 0 aliphatic carbocycles. The molecule has 0 fully saturated rings. The van der Waals surface area contributed by atoms with E-state index in [1.54, 1.807) is 0 Å². The lowest BCUT2D eigenvalue weighted by Gasteiger charge is -1.84. The minimum absolute atomic E-state index is 0.333. The molecule has 0 aromatic heterocycles. The van der Waals surface area contributed by atoms with Crippen LogP contribution >= 0.6 is 11.6 Å². The van der Waals surface area contributed by atoms with Crippen molar-refractivity contribution in [3.8, 4) is 0 Å². The Kier molecular flexibility index (Phi) is 13.9. The van der Waals surface area contributed by atoms with Crippen LogP contribution in [0.1, 0.15) is 26.2 Å². The number of hydrogen-bond acceptors (Lipinski definition) is 1. The Morgan fingerprint density at radius 2 is 1.80 bits per heavy atom. The first-order valence-electron chi connectivity index (χ1n) is 3.30. The van der Waals surface area contributed by atoms with E-state index in [0.29, 0.717) is 0 Å². The average molecular weight is 166 g/mol. The summed E-state index contributed by atoms with van der Waals surface area (Å²) < 4.78 is 0. The number of unbranched alkanes of at least 4 members (excludes halogenated alkanes) is 2. The fourth-order valence-corrected chi connectivity index (χ4v) is 0.533. The van der Waals surface area contributed by atoms with Gasteiger partial charge in [0, 0.05) is 5.88 Å². The van der Waals surface area contributed by atoms with Crippen LogP contribution in [0.2, 0.25) is 0 Å². The summed E-state index contributed by atoms with van der Waals surface area (Å²) in [5.41, 5.74) is 8.94. The maximum atomic E-state index is 6.06. The van der Waals surface area contributed by atoms with Gasteiger partial charge in [-0.1, -0.05) is 19.8 Å². The third-order valence-electron chi connectivity index (χ3n) is 0.737. The van der Waals surface area contributed by atoms with Crippen molar-refractivity contribution in [3.05, 3.63) is 0 Å². The average Bonchev–Trinajstić information content (AvgIpc) is 1.82. The van der Waals surface area contributed by atoms with Crippen molar-refractivity contribution in [1.82, 2.24) is 0 Å². The molecule has 0 aromatic carbocycles. The Balaban J connectivity index is 0. The molecular weight excluding hydrogens is 150 g/mol. The minimum atomic E-state index is -0.333. The number of alkyl halides is 1. The number of nitrogens with two attached hydrogens (primary N) is 2. The highest BCUT2D eigenvalue weighted by atomic mass is 35.5. The lowest BCUT2D eigenvalue weighted by Crippen LogP contribution is -2.20. The van der Waals surface area contributed by atoms with Crippen LogP contribution in [0, 0.1) is 5.41 Å². The van der Waals surface area contributed by atoms with Crippen molar-refractivity contribution >= 4 is 17.6 Å². The summed E-state index contributed by atoms with van der Waals surface area (Å²) >= 11 is 5.38. The molecule has 62 valence electrons. The van der Waals surface area contributed by atoms with E-state index >= 15 is 0 Å². The van der Waals surface area contributed by atoms with Gasteiger partial charge in [0.15, 0.2) is 5.96 Å². The normalized spacial score (nSPS) is 7.80. The number of nitrogens with one attached hydrogen (secondary N) is 1. The standard InChI is InChI=1S/C5H11Cl.CH5N3/c1-2-3-4-5-6;2-1(3)4/h2-5H2,1H3;(H5,2,3,4). The lowest BCUT2D eigenvalue weighted by molar-refractivity contribution is 0.776. The SMILES string of the molecule is CCCCCCl.N=C(N)N. The van der Waals surface area contributed by atoms with Crippen LogP contribution in [0.25, 0.3) is 0 Å². The molecule has 0 aliphatic heterocycles. The second-order valence-electron chi connectivity index (χ2n) is 1.85. The first-order chi connectivity index (χ1) is 4.65. The molecule has 0 atom stereocenters. The Bertz CT molecular complexity index is 67.4. The molecule has 0 saturated heterocycles. The molecule has 0 aromatic rings. The first-order valence-corrected chi connectivity index (χ1v) is 3.84. The summed E-state index contributed by atoms with van der Waals surface area (Å²) in [6.07, 6.45) is 3.73.